The normalized spacial score (nSPS) is 28.4. The molecule has 3 nitrogen and oxygen atoms in total. The van der Waals surface area contributed by atoms with E-state index >= 15 is 0 Å². The molecule has 2 aliphatic rings. The van der Waals surface area contributed by atoms with Crippen LogP contribution in [0.15, 0.2) is 0 Å². The van der Waals surface area contributed by atoms with Gasteiger partial charge in [-0.05, 0) is 25.7 Å². The van der Waals surface area contributed by atoms with E-state index in [1.165, 1.54) is 58.4 Å². The maximum atomic E-state index is 5.94. The predicted molar refractivity (Wildman–Crippen MR) is 73.1 cm³/mol. The van der Waals surface area contributed by atoms with Crippen LogP contribution in [0, 0.1) is 5.92 Å². The summed E-state index contributed by atoms with van der Waals surface area (Å²) in [5.74, 6) is 0.619. The third kappa shape index (κ3) is 3.67. The maximum Gasteiger partial charge on any atom is 0.0113 e. The molecule has 0 aromatic rings. The third-order valence-electron chi connectivity index (χ3n) is 4.69. The zero-order chi connectivity index (χ0) is 12.3. The van der Waals surface area contributed by atoms with Gasteiger partial charge in [0.1, 0.15) is 0 Å². The summed E-state index contributed by atoms with van der Waals surface area (Å²) < 4.78 is 0. The first-order chi connectivity index (χ1) is 8.16. The summed E-state index contributed by atoms with van der Waals surface area (Å²) in [7, 11) is 0. The van der Waals surface area contributed by atoms with Crippen LogP contribution in [0.2, 0.25) is 0 Å². The average molecular weight is 239 g/mol. The smallest absolute Gasteiger partial charge is 0.0113 e. The molecule has 1 aliphatic carbocycles. The molecule has 2 rings (SSSR count). The van der Waals surface area contributed by atoms with Crippen molar-refractivity contribution >= 4 is 0 Å². The second-order valence-corrected chi connectivity index (χ2v) is 6.11. The lowest BCUT2D eigenvalue weighted by molar-refractivity contribution is 0.0871. The minimum absolute atomic E-state index is 0.322. The largest absolute Gasteiger partial charge is 0.328 e. The van der Waals surface area contributed by atoms with Crippen molar-refractivity contribution in [3.05, 3.63) is 0 Å². The molecule has 2 atom stereocenters. The lowest BCUT2D eigenvalue weighted by Crippen LogP contribution is -2.51. The van der Waals surface area contributed by atoms with Crippen LogP contribution in [0.25, 0.3) is 0 Å². The zero-order valence-corrected chi connectivity index (χ0v) is 11.6. The fourth-order valence-corrected chi connectivity index (χ4v) is 3.15. The van der Waals surface area contributed by atoms with Crippen molar-refractivity contribution in [1.29, 1.82) is 0 Å². The SMILES string of the molecule is CC(N)C(C)CN1CCN(C2CCCC2)CC1. The van der Waals surface area contributed by atoms with Gasteiger partial charge in [0.2, 0.25) is 0 Å². The molecule has 1 saturated carbocycles. The molecule has 0 spiro atoms. The summed E-state index contributed by atoms with van der Waals surface area (Å²) in [6, 6.07) is 1.23. The standard InChI is InChI=1S/C14H29N3/c1-12(13(2)15)11-16-7-9-17(10-8-16)14-5-3-4-6-14/h12-14H,3-11,15H2,1-2H3. The van der Waals surface area contributed by atoms with Crippen LogP contribution in [0.3, 0.4) is 0 Å². The Labute approximate surface area is 106 Å². The first-order valence-corrected chi connectivity index (χ1v) is 7.39. The molecule has 3 heteroatoms. The predicted octanol–water partition coefficient (Wildman–Crippen LogP) is 1.53. The van der Waals surface area contributed by atoms with Crippen LogP contribution < -0.4 is 5.73 Å². The van der Waals surface area contributed by atoms with Gasteiger partial charge in [-0.15, -0.1) is 0 Å². The van der Waals surface area contributed by atoms with E-state index in [4.69, 9.17) is 5.73 Å². The van der Waals surface area contributed by atoms with E-state index in [1.54, 1.807) is 0 Å². The van der Waals surface area contributed by atoms with Crippen LogP contribution >= 0.6 is 0 Å². The Bertz CT molecular complexity index is 216. The zero-order valence-electron chi connectivity index (χ0n) is 11.6. The molecule has 100 valence electrons. The van der Waals surface area contributed by atoms with Crippen molar-refractivity contribution < 1.29 is 0 Å². The first kappa shape index (κ1) is 13.3. The van der Waals surface area contributed by atoms with E-state index in [0.29, 0.717) is 12.0 Å². The summed E-state index contributed by atoms with van der Waals surface area (Å²) in [6.45, 7) is 10.6. The highest BCUT2D eigenvalue weighted by Gasteiger charge is 2.26. The fraction of sp³-hybridized carbons (Fsp3) is 1.00. The highest BCUT2D eigenvalue weighted by molar-refractivity contribution is 4.82. The Hall–Kier alpha value is -0.120. The highest BCUT2D eigenvalue weighted by atomic mass is 15.3. The minimum atomic E-state index is 0.322. The van der Waals surface area contributed by atoms with E-state index < -0.39 is 0 Å². The number of rotatable bonds is 4. The molecule has 2 N–H and O–H groups in total. The number of nitrogens with zero attached hydrogens (tertiary/aromatic N) is 2. The van der Waals surface area contributed by atoms with E-state index in [9.17, 15) is 0 Å². The summed E-state index contributed by atoms with van der Waals surface area (Å²) in [6.07, 6.45) is 5.78. The summed E-state index contributed by atoms with van der Waals surface area (Å²) >= 11 is 0. The monoisotopic (exact) mass is 239 g/mol. The van der Waals surface area contributed by atoms with Crippen LogP contribution in [0.1, 0.15) is 39.5 Å². The van der Waals surface area contributed by atoms with Gasteiger partial charge in [0, 0.05) is 44.8 Å². The van der Waals surface area contributed by atoms with Crippen molar-refractivity contribution in [3.63, 3.8) is 0 Å². The quantitative estimate of drug-likeness (QED) is 0.807. The number of hydrogen-bond acceptors (Lipinski definition) is 3. The van der Waals surface area contributed by atoms with Crippen LogP contribution in [-0.4, -0.2) is 54.6 Å². The Morgan fingerprint density at radius 2 is 1.65 bits per heavy atom. The summed E-state index contributed by atoms with van der Waals surface area (Å²) in [4.78, 5) is 5.32. The molecule has 0 amide bonds. The Kier molecular flexibility index (Phi) is 4.83. The van der Waals surface area contributed by atoms with Gasteiger partial charge in [0.15, 0.2) is 0 Å². The number of nitrogens with two attached hydrogens (primary N) is 1. The van der Waals surface area contributed by atoms with E-state index in [0.717, 1.165) is 6.04 Å². The van der Waals surface area contributed by atoms with Crippen LogP contribution in [-0.2, 0) is 0 Å². The van der Waals surface area contributed by atoms with Crippen LogP contribution in [0.5, 0.6) is 0 Å². The molecule has 17 heavy (non-hydrogen) atoms. The highest BCUT2D eigenvalue weighted by Crippen LogP contribution is 2.24. The molecule has 0 aromatic heterocycles. The van der Waals surface area contributed by atoms with Crippen LogP contribution in [0.4, 0.5) is 0 Å². The van der Waals surface area contributed by atoms with Gasteiger partial charge in [-0.2, -0.15) is 0 Å². The Morgan fingerprint density at radius 3 is 2.18 bits per heavy atom. The van der Waals surface area contributed by atoms with E-state index in [1.807, 2.05) is 0 Å². The van der Waals surface area contributed by atoms with Crippen molar-refractivity contribution in [2.45, 2.75) is 51.6 Å². The topological polar surface area (TPSA) is 32.5 Å². The molecular formula is C14H29N3. The lowest BCUT2D eigenvalue weighted by Gasteiger charge is -2.39. The van der Waals surface area contributed by atoms with Gasteiger partial charge in [0.05, 0.1) is 0 Å². The molecular weight excluding hydrogens is 210 g/mol. The molecule has 0 bridgehead atoms. The molecule has 2 unspecified atom stereocenters. The molecule has 1 saturated heterocycles. The van der Waals surface area contributed by atoms with Gasteiger partial charge in [0.25, 0.3) is 0 Å². The number of piperazine rings is 1. The molecule has 1 heterocycles. The van der Waals surface area contributed by atoms with Gasteiger partial charge < -0.3 is 10.6 Å². The third-order valence-corrected chi connectivity index (χ3v) is 4.69. The minimum Gasteiger partial charge on any atom is -0.328 e. The fourth-order valence-electron chi connectivity index (χ4n) is 3.15. The van der Waals surface area contributed by atoms with Crippen molar-refractivity contribution in [2.75, 3.05) is 32.7 Å². The second-order valence-electron chi connectivity index (χ2n) is 6.11. The molecule has 0 aromatic carbocycles. The molecule has 2 fully saturated rings. The summed E-state index contributed by atoms with van der Waals surface area (Å²) in [5.41, 5.74) is 5.94. The van der Waals surface area contributed by atoms with Crippen molar-refractivity contribution in [2.24, 2.45) is 11.7 Å². The first-order valence-electron chi connectivity index (χ1n) is 7.39. The summed E-state index contributed by atoms with van der Waals surface area (Å²) in [5, 5.41) is 0. The van der Waals surface area contributed by atoms with Crippen molar-refractivity contribution in [3.8, 4) is 0 Å². The van der Waals surface area contributed by atoms with Gasteiger partial charge in [-0.1, -0.05) is 19.8 Å². The molecule has 0 radical (unpaired) electrons. The molecule has 1 aliphatic heterocycles. The second kappa shape index (κ2) is 6.17. The van der Waals surface area contributed by atoms with E-state index in [2.05, 4.69) is 23.6 Å². The lowest BCUT2D eigenvalue weighted by atomic mass is 10.0. The number of hydrogen-bond donors (Lipinski definition) is 1. The van der Waals surface area contributed by atoms with E-state index in [-0.39, 0.29) is 0 Å². The van der Waals surface area contributed by atoms with Crippen molar-refractivity contribution in [1.82, 2.24) is 9.80 Å². The maximum absolute atomic E-state index is 5.94. The van der Waals surface area contributed by atoms with Gasteiger partial charge >= 0.3 is 0 Å². The van der Waals surface area contributed by atoms with Gasteiger partial charge in [-0.3, -0.25) is 4.90 Å². The van der Waals surface area contributed by atoms with Gasteiger partial charge in [-0.25, -0.2) is 0 Å². The Balaban J connectivity index is 1.70. The average Bonchev–Trinajstić information content (AvgIpc) is 2.83. The Morgan fingerprint density at radius 1 is 1.06 bits per heavy atom.